The second-order valence-electron chi connectivity index (χ2n) is 5.74. The minimum absolute atomic E-state index is 0.243. The van der Waals surface area contributed by atoms with Crippen LogP contribution >= 0.6 is 0 Å². The van der Waals surface area contributed by atoms with E-state index in [0.29, 0.717) is 17.9 Å². The number of aromatic nitrogens is 1. The first-order chi connectivity index (χ1) is 12.7. The quantitative estimate of drug-likeness (QED) is 0.589. The van der Waals surface area contributed by atoms with Gasteiger partial charge in [0.2, 0.25) is 0 Å². The number of amides is 1. The van der Waals surface area contributed by atoms with Crippen LogP contribution < -0.4 is 10.1 Å². The van der Waals surface area contributed by atoms with Gasteiger partial charge in [-0.3, -0.25) is 9.78 Å². The fourth-order valence-corrected chi connectivity index (χ4v) is 2.69. The Hall–Kier alpha value is -3.54. The molecule has 0 saturated heterocycles. The number of nitrogens with zero attached hydrogens (tertiary/aromatic N) is 1. The van der Waals surface area contributed by atoms with Crippen molar-refractivity contribution in [3.8, 4) is 17.0 Å². The van der Waals surface area contributed by atoms with E-state index in [1.54, 1.807) is 38.0 Å². The summed E-state index contributed by atoms with van der Waals surface area (Å²) in [5, 5.41) is 3.66. The van der Waals surface area contributed by atoms with E-state index in [0.717, 1.165) is 22.2 Å². The summed E-state index contributed by atoms with van der Waals surface area (Å²) in [6.07, 6.45) is 4.97. The third-order valence-electron chi connectivity index (χ3n) is 4.05. The average Bonchev–Trinajstić information content (AvgIpc) is 3.35. The smallest absolute Gasteiger partial charge is 0.287 e. The molecular formula is C20H16N2O4. The lowest BCUT2D eigenvalue weighted by Gasteiger charge is -2.04. The predicted octanol–water partition coefficient (Wildman–Crippen LogP) is 4.03. The first-order valence-corrected chi connectivity index (χ1v) is 8.07. The summed E-state index contributed by atoms with van der Waals surface area (Å²) in [5.74, 6) is 0.551. The van der Waals surface area contributed by atoms with E-state index in [9.17, 15) is 4.79 Å². The molecule has 1 N–H and O–H groups in total. The molecule has 0 fully saturated rings. The highest BCUT2D eigenvalue weighted by Crippen LogP contribution is 2.28. The second-order valence-corrected chi connectivity index (χ2v) is 5.74. The number of furan rings is 2. The number of methoxy groups -OCH3 is 1. The molecule has 4 rings (SSSR count). The molecule has 0 aliphatic carbocycles. The Balaban J connectivity index is 1.45. The minimum atomic E-state index is -0.290. The number of carbonyl (C=O) groups is 1. The molecule has 0 aliphatic heterocycles. The first-order valence-electron chi connectivity index (χ1n) is 8.07. The number of benzene rings is 1. The van der Waals surface area contributed by atoms with Crippen molar-refractivity contribution in [3.05, 3.63) is 72.5 Å². The zero-order valence-electron chi connectivity index (χ0n) is 14.1. The summed E-state index contributed by atoms with van der Waals surface area (Å²) < 4.78 is 15.9. The molecule has 6 heteroatoms. The number of fused-ring (bicyclic) bond motifs is 1. The molecule has 0 aliphatic rings. The number of ether oxygens (including phenoxy) is 1. The van der Waals surface area contributed by atoms with Gasteiger partial charge in [-0.05, 0) is 29.8 Å². The van der Waals surface area contributed by atoms with E-state index >= 15 is 0 Å². The van der Waals surface area contributed by atoms with Gasteiger partial charge in [-0.2, -0.15) is 0 Å². The van der Waals surface area contributed by atoms with Gasteiger partial charge in [-0.1, -0.05) is 18.2 Å². The van der Waals surface area contributed by atoms with Gasteiger partial charge in [-0.15, -0.1) is 0 Å². The highest BCUT2D eigenvalue weighted by molar-refractivity contribution is 5.97. The van der Waals surface area contributed by atoms with Gasteiger partial charge in [0.05, 0.1) is 25.3 Å². The van der Waals surface area contributed by atoms with Crippen molar-refractivity contribution in [1.29, 1.82) is 0 Å². The van der Waals surface area contributed by atoms with Gasteiger partial charge < -0.3 is 18.9 Å². The van der Waals surface area contributed by atoms with Gasteiger partial charge in [0, 0.05) is 23.7 Å². The summed E-state index contributed by atoms with van der Waals surface area (Å²) >= 11 is 0. The van der Waals surface area contributed by atoms with Crippen molar-refractivity contribution in [1.82, 2.24) is 10.3 Å². The average molecular weight is 348 g/mol. The van der Waals surface area contributed by atoms with Crippen molar-refractivity contribution in [3.63, 3.8) is 0 Å². The highest BCUT2D eigenvalue weighted by atomic mass is 16.5. The Morgan fingerprint density at radius 3 is 2.88 bits per heavy atom. The molecule has 0 spiro atoms. The zero-order chi connectivity index (χ0) is 17.9. The lowest BCUT2D eigenvalue weighted by atomic mass is 10.2. The lowest BCUT2D eigenvalue weighted by Crippen LogP contribution is -2.22. The zero-order valence-corrected chi connectivity index (χ0v) is 14.1. The number of carbonyl (C=O) groups excluding carboxylic acids is 1. The number of hydrogen-bond donors (Lipinski definition) is 1. The number of nitrogens with one attached hydrogen (secondary N) is 1. The molecule has 6 nitrogen and oxygen atoms in total. The lowest BCUT2D eigenvalue weighted by molar-refractivity contribution is 0.0925. The van der Waals surface area contributed by atoms with Gasteiger partial charge in [-0.25, -0.2) is 0 Å². The van der Waals surface area contributed by atoms with Gasteiger partial charge in [0.15, 0.2) is 17.1 Å². The van der Waals surface area contributed by atoms with E-state index in [1.807, 2.05) is 30.3 Å². The van der Waals surface area contributed by atoms with Crippen molar-refractivity contribution in [2.45, 2.75) is 6.54 Å². The number of pyridine rings is 1. The van der Waals surface area contributed by atoms with Crippen LogP contribution in [0.3, 0.4) is 0 Å². The molecule has 0 atom stereocenters. The van der Waals surface area contributed by atoms with Crippen molar-refractivity contribution in [2.24, 2.45) is 0 Å². The third-order valence-corrected chi connectivity index (χ3v) is 4.05. The van der Waals surface area contributed by atoms with Crippen LogP contribution in [0.1, 0.15) is 16.1 Å². The minimum Gasteiger partial charge on any atom is -0.493 e. The maximum Gasteiger partial charge on any atom is 0.287 e. The summed E-state index contributed by atoms with van der Waals surface area (Å²) in [7, 11) is 1.57. The molecule has 0 unspecified atom stereocenters. The van der Waals surface area contributed by atoms with Crippen LogP contribution in [0.15, 0.2) is 70.0 Å². The molecule has 0 bridgehead atoms. The topological polar surface area (TPSA) is 77.5 Å². The SMILES string of the molecule is COc1cccc2cc(C(=O)NCc3ccc(-c4ccoc4)nc3)oc12. The number of rotatable bonds is 5. The third kappa shape index (κ3) is 3.04. The van der Waals surface area contributed by atoms with E-state index < -0.39 is 0 Å². The molecule has 3 heterocycles. The molecule has 26 heavy (non-hydrogen) atoms. The van der Waals surface area contributed by atoms with Crippen molar-refractivity contribution in [2.75, 3.05) is 7.11 Å². The van der Waals surface area contributed by atoms with Gasteiger partial charge in [0.1, 0.15) is 0 Å². The van der Waals surface area contributed by atoms with Crippen LogP contribution in [0.5, 0.6) is 5.75 Å². The molecule has 3 aromatic heterocycles. The van der Waals surface area contributed by atoms with Gasteiger partial charge in [0.25, 0.3) is 5.91 Å². The van der Waals surface area contributed by atoms with E-state index in [-0.39, 0.29) is 11.7 Å². The first kappa shape index (κ1) is 16.0. The molecule has 0 saturated carbocycles. The van der Waals surface area contributed by atoms with Crippen LogP contribution in [-0.2, 0) is 6.54 Å². The standard InChI is InChI=1S/C20H16N2O4/c1-24-17-4-2-3-14-9-18(26-19(14)17)20(23)22-11-13-5-6-16(21-10-13)15-7-8-25-12-15/h2-10,12H,11H2,1H3,(H,22,23). The fraction of sp³-hybridized carbons (Fsp3) is 0.100. The summed E-state index contributed by atoms with van der Waals surface area (Å²) in [6, 6.07) is 12.9. The van der Waals surface area contributed by atoms with Crippen LogP contribution in [0, 0.1) is 0 Å². The van der Waals surface area contributed by atoms with Crippen LogP contribution in [0.25, 0.3) is 22.2 Å². The van der Waals surface area contributed by atoms with Crippen LogP contribution in [-0.4, -0.2) is 18.0 Å². The number of para-hydroxylation sites is 1. The summed E-state index contributed by atoms with van der Waals surface area (Å²) in [4.78, 5) is 16.7. The van der Waals surface area contributed by atoms with Crippen molar-refractivity contribution >= 4 is 16.9 Å². The van der Waals surface area contributed by atoms with Gasteiger partial charge >= 0.3 is 0 Å². The Bertz CT molecular complexity index is 1030. The predicted molar refractivity (Wildman–Crippen MR) is 95.9 cm³/mol. The molecule has 1 aromatic carbocycles. The van der Waals surface area contributed by atoms with Crippen LogP contribution in [0.4, 0.5) is 0 Å². The summed E-state index contributed by atoms with van der Waals surface area (Å²) in [6.45, 7) is 0.353. The van der Waals surface area contributed by atoms with E-state index in [4.69, 9.17) is 13.6 Å². The largest absolute Gasteiger partial charge is 0.493 e. The second kappa shape index (κ2) is 6.76. The molecular weight excluding hydrogens is 332 g/mol. The fourth-order valence-electron chi connectivity index (χ4n) is 2.69. The summed E-state index contributed by atoms with van der Waals surface area (Å²) in [5.41, 5.74) is 3.18. The molecule has 1 amide bonds. The van der Waals surface area contributed by atoms with Crippen LogP contribution in [0.2, 0.25) is 0 Å². The van der Waals surface area contributed by atoms with Crippen molar-refractivity contribution < 1.29 is 18.4 Å². The highest BCUT2D eigenvalue weighted by Gasteiger charge is 2.14. The Morgan fingerprint density at radius 2 is 2.15 bits per heavy atom. The Kier molecular flexibility index (Phi) is 4.15. The maximum atomic E-state index is 12.4. The monoisotopic (exact) mass is 348 g/mol. The molecule has 0 radical (unpaired) electrons. The normalized spacial score (nSPS) is 10.8. The number of hydrogen-bond acceptors (Lipinski definition) is 5. The van der Waals surface area contributed by atoms with E-state index in [2.05, 4.69) is 10.3 Å². The Labute approximate surface area is 149 Å². The Morgan fingerprint density at radius 1 is 1.23 bits per heavy atom. The van der Waals surface area contributed by atoms with E-state index in [1.165, 1.54) is 0 Å². The molecule has 130 valence electrons. The maximum absolute atomic E-state index is 12.4. The molecule has 4 aromatic rings.